The molecule has 0 saturated carbocycles. The van der Waals surface area contributed by atoms with Crippen molar-refractivity contribution in [3.8, 4) is 17.1 Å². The van der Waals surface area contributed by atoms with Crippen molar-refractivity contribution in [1.29, 1.82) is 0 Å². The van der Waals surface area contributed by atoms with Gasteiger partial charge in [-0.3, -0.25) is 14.9 Å². The summed E-state index contributed by atoms with van der Waals surface area (Å²) in [4.78, 5) is 21.5. The number of benzene rings is 2. The second-order valence-electron chi connectivity index (χ2n) is 5.42. The van der Waals surface area contributed by atoms with Gasteiger partial charge in [0.2, 0.25) is 0 Å². The van der Waals surface area contributed by atoms with Gasteiger partial charge in [0.25, 0.3) is 0 Å². The van der Waals surface area contributed by atoms with Crippen LogP contribution in [-0.2, 0) is 0 Å². The summed E-state index contributed by atoms with van der Waals surface area (Å²) < 4.78 is 6.71. The van der Waals surface area contributed by atoms with Gasteiger partial charge in [-0.1, -0.05) is 30.3 Å². The Kier molecular flexibility index (Phi) is 3.39. The van der Waals surface area contributed by atoms with Gasteiger partial charge in [-0.25, -0.2) is 4.68 Å². The Morgan fingerprint density at radius 1 is 1.08 bits per heavy atom. The molecule has 0 amide bonds. The summed E-state index contributed by atoms with van der Waals surface area (Å²) in [6.45, 7) is 0. The van der Waals surface area contributed by atoms with E-state index >= 15 is 0 Å². The van der Waals surface area contributed by atoms with Gasteiger partial charge >= 0.3 is 5.88 Å². The van der Waals surface area contributed by atoms with Gasteiger partial charge in [0, 0.05) is 6.20 Å². The monoisotopic (exact) mass is 333 g/mol. The van der Waals surface area contributed by atoms with Crippen LogP contribution in [-0.4, -0.2) is 21.0 Å². The molecular formula is C18H11N3O4. The van der Waals surface area contributed by atoms with E-state index in [1.54, 1.807) is 10.9 Å². The minimum Gasteiger partial charge on any atom is -0.399 e. The Morgan fingerprint density at radius 3 is 2.60 bits per heavy atom. The van der Waals surface area contributed by atoms with Crippen molar-refractivity contribution in [2.45, 2.75) is 0 Å². The van der Waals surface area contributed by atoms with Crippen LogP contribution in [0.5, 0.6) is 0 Å². The van der Waals surface area contributed by atoms with Crippen LogP contribution in [0.15, 0.2) is 65.2 Å². The van der Waals surface area contributed by atoms with E-state index in [-0.39, 0.29) is 17.0 Å². The minimum absolute atomic E-state index is 0.174. The zero-order valence-electron chi connectivity index (χ0n) is 12.8. The molecule has 7 nitrogen and oxygen atoms in total. The first-order valence-electron chi connectivity index (χ1n) is 7.44. The quantitative estimate of drug-likeness (QED) is 0.320. The van der Waals surface area contributed by atoms with Crippen LogP contribution < -0.4 is 0 Å². The van der Waals surface area contributed by atoms with Crippen molar-refractivity contribution < 1.29 is 14.1 Å². The lowest BCUT2D eigenvalue weighted by Crippen LogP contribution is -1.94. The fourth-order valence-electron chi connectivity index (χ4n) is 2.67. The first kappa shape index (κ1) is 14.8. The van der Waals surface area contributed by atoms with Crippen molar-refractivity contribution in [3.63, 3.8) is 0 Å². The Hall–Kier alpha value is -3.74. The van der Waals surface area contributed by atoms with Crippen LogP contribution >= 0.6 is 0 Å². The number of rotatable bonds is 4. The molecule has 0 aliphatic heterocycles. The highest BCUT2D eigenvalue weighted by Crippen LogP contribution is 2.28. The normalized spacial score (nSPS) is 10.9. The van der Waals surface area contributed by atoms with E-state index in [1.807, 2.05) is 42.5 Å². The van der Waals surface area contributed by atoms with Crippen LogP contribution in [0.4, 0.5) is 5.88 Å². The van der Waals surface area contributed by atoms with Crippen molar-refractivity contribution in [3.05, 3.63) is 76.5 Å². The smallest absolute Gasteiger partial charge is 0.399 e. The second kappa shape index (κ2) is 5.72. The van der Waals surface area contributed by atoms with Crippen molar-refractivity contribution in [2.24, 2.45) is 0 Å². The van der Waals surface area contributed by atoms with Crippen LogP contribution in [0.25, 0.3) is 27.9 Å². The molecule has 25 heavy (non-hydrogen) atoms. The van der Waals surface area contributed by atoms with E-state index < -0.39 is 10.8 Å². The van der Waals surface area contributed by atoms with Gasteiger partial charge in [0.15, 0.2) is 12.0 Å². The number of aldehydes is 1. The lowest BCUT2D eigenvalue weighted by molar-refractivity contribution is -0.401. The summed E-state index contributed by atoms with van der Waals surface area (Å²) in [5.74, 6) is -0.222. The maximum Gasteiger partial charge on any atom is 0.433 e. The summed E-state index contributed by atoms with van der Waals surface area (Å²) in [5, 5.41) is 17.3. The van der Waals surface area contributed by atoms with Crippen LogP contribution in [0.1, 0.15) is 10.4 Å². The van der Waals surface area contributed by atoms with Crippen LogP contribution in [0.2, 0.25) is 0 Å². The predicted molar refractivity (Wildman–Crippen MR) is 90.8 cm³/mol. The molecule has 0 aliphatic rings. The maximum absolute atomic E-state index is 11.4. The number of nitro groups is 1. The summed E-state index contributed by atoms with van der Waals surface area (Å²) in [5.41, 5.74) is 1.32. The van der Waals surface area contributed by atoms with E-state index in [4.69, 9.17) is 4.42 Å². The number of carbonyl (C=O) groups is 1. The molecule has 122 valence electrons. The summed E-state index contributed by atoms with van der Waals surface area (Å²) >= 11 is 0. The number of furan rings is 1. The first-order valence-corrected chi connectivity index (χ1v) is 7.44. The van der Waals surface area contributed by atoms with Gasteiger partial charge in [-0.05, 0) is 29.0 Å². The molecule has 0 unspecified atom stereocenters. The second-order valence-corrected chi connectivity index (χ2v) is 5.42. The van der Waals surface area contributed by atoms with E-state index in [0.717, 1.165) is 16.5 Å². The highest BCUT2D eigenvalue weighted by Gasteiger charge is 2.19. The zero-order valence-corrected chi connectivity index (χ0v) is 12.8. The number of aromatic nitrogens is 2. The van der Waals surface area contributed by atoms with Gasteiger partial charge < -0.3 is 4.42 Å². The van der Waals surface area contributed by atoms with Gasteiger partial charge in [-0.15, -0.1) is 0 Å². The molecule has 0 fully saturated rings. The summed E-state index contributed by atoms with van der Waals surface area (Å²) in [6, 6.07) is 16.4. The third-order valence-electron chi connectivity index (χ3n) is 3.87. The Labute approximate surface area is 141 Å². The predicted octanol–water partition coefficient (Wildman–Crippen LogP) is 4.01. The molecular weight excluding hydrogens is 322 g/mol. The van der Waals surface area contributed by atoms with E-state index in [2.05, 4.69) is 5.10 Å². The Balaban J connectivity index is 1.81. The van der Waals surface area contributed by atoms with Crippen molar-refractivity contribution >= 4 is 22.9 Å². The topological polar surface area (TPSA) is 91.2 Å². The molecule has 0 bridgehead atoms. The molecule has 2 aromatic heterocycles. The highest BCUT2D eigenvalue weighted by molar-refractivity contribution is 5.86. The summed E-state index contributed by atoms with van der Waals surface area (Å²) in [6.07, 6.45) is 2.22. The molecule has 4 aromatic rings. The van der Waals surface area contributed by atoms with Crippen LogP contribution in [0.3, 0.4) is 0 Å². The largest absolute Gasteiger partial charge is 0.433 e. The molecule has 0 N–H and O–H groups in total. The van der Waals surface area contributed by atoms with Crippen molar-refractivity contribution in [1.82, 2.24) is 9.78 Å². The molecule has 4 rings (SSSR count). The fraction of sp³-hybridized carbons (Fsp3) is 0. The van der Waals surface area contributed by atoms with Crippen molar-refractivity contribution in [2.75, 3.05) is 0 Å². The third-order valence-corrected chi connectivity index (χ3v) is 3.87. The molecule has 2 aromatic carbocycles. The molecule has 0 spiro atoms. The van der Waals surface area contributed by atoms with Gasteiger partial charge in [-0.2, -0.15) is 5.10 Å². The standard InChI is InChI=1S/C18H11N3O4/c22-11-14-10-20(15-6-5-12-3-1-2-4-13(12)9-15)19-18(14)16-7-8-17(25-16)21(23)24/h1-11H. The number of carbonyl (C=O) groups excluding carboxylic acids is 1. The third kappa shape index (κ3) is 2.57. The average Bonchev–Trinajstić information content (AvgIpc) is 3.28. The SMILES string of the molecule is O=Cc1cn(-c2ccc3ccccc3c2)nc1-c1ccc([N+](=O)[O-])o1. The molecule has 0 radical (unpaired) electrons. The molecule has 0 saturated heterocycles. The lowest BCUT2D eigenvalue weighted by atomic mass is 10.1. The number of hydrogen-bond acceptors (Lipinski definition) is 5. The van der Waals surface area contributed by atoms with E-state index in [0.29, 0.717) is 6.29 Å². The maximum atomic E-state index is 11.4. The van der Waals surface area contributed by atoms with E-state index in [9.17, 15) is 14.9 Å². The summed E-state index contributed by atoms with van der Waals surface area (Å²) in [7, 11) is 0. The average molecular weight is 333 g/mol. The fourth-order valence-corrected chi connectivity index (χ4v) is 2.67. The number of hydrogen-bond donors (Lipinski definition) is 0. The van der Waals surface area contributed by atoms with Gasteiger partial charge in [0.05, 0.1) is 17.3 Å². The molecule has 7 heteroatoms. The molecule has 0 aliphatic carbocycles. The highest BCUT2D eigenvalue weighted by atomic mass is 16.6. The van der Waals surface area contributed by atoms with E-state index in [1.165, 1.54) is 12.1 Å². The molecule has 2 heterocycles. The van der Waals surface area contributed by atoms with Gasteiger partial charge in [0.1, 0.15) is 10.6 Å². The number of fused-ring (bicyclic) bond motifs is 1. The number of nitrogens with zero attached hydrogens (tertiary/aromatic N) is 3. The zero-order chi connectivity index (χ0) is 17.4. The lowest BCUT2D eigenvalue weighted by Gasteiger charge is -2.03. The van der Waals surface area contributed by atoms with Crippen LogP contribution in [0, 0.1) is 10.1 Å². The Bertz CT molecular complexity index is 1110. The first-order chi connectivity index (χ1) is 12.2. The Morgan fingerprint density at radius 2 is 1.88 bits per heavy atom. The molecule has 0 atom stereocenters. The minimum atomic E-state index is -0.635.